The molecule has 0 aliphatic carbocycles. The zero-order valence-electron chi connectivity index (χ0n) is 8.11. The number of hydrogen-bond acceptors (Lipinski definition) is 5. The fourth-order valence-electron chi connectivity index (χ4n) is 0.573. The first-order valence-corrected chi connectivity index (χ1v) is 3.82. The van der Waals surface area contributed by atoms with Crippen molar-refractivity contribution in [3.05, 3.63) is 20.2 Å². The van der Waals surface area contributed by atoms with Crippen molar-refractivity contribution in [3.8, 4) is 0 Å². The first-order valence-electron chi connectivity index (χ1n) is 3.82. The van der Waals surface area contributed by atoms with Crippen LogP contribution in [0.15, 0.2) is 0 Å². The van der Waals surface area contributed by atoms with E-state index in [1.54, 1.807) is 20.8 Å². The van der Waals surface area contributed by atoms with Gasteiger partial charge < -0.3 is 0 Å². The van der Waals surface area contributed by atoms with Crippen LogP contribution in [-0.2, 0) is 0 Å². The van der Waals surface area contributed by atoms with Gasteiger partial charge in [0.2, 0.25) is 0 Å². The van der Waals surface area contributed by atoms with Gasteiger partial charge in [-0.05, 0) is 20.8 Å². The summed E-state index contributed by atoms with van der Waals surface area (Å²) in [5, 5.41) is 22.6. The molecule has 0 rings (SSSR count). The van der Waals surface area contributed by atoms with Crippen LogP contribution in [0.3, 0.4) is 0 Å². The fraction of sp³-hybridized carbons (Fsp3) is 1.00. The van der Waals surface area contributed by atoms with Crippen molar-refractivity contribution < 1.29 is 14.2 Å². The molecule has 0 fully saturated rings. The van der Waals surface area contributed by atoms with E-state index >= 15 is 0 Å². The van der Waals surface area contributed by atoms with Gasteiger partial charge in [0.1, 0.15) is 9.85 Å². The van der Waals surface area contributed by atoms with Gasteiger partial charge in [-0.3, -0.25) is 25.5 Å². The summed E-state index contributed by atoms with van der Waals surface area (Å²) < 4.78 is 13.1. The zero-order valence-corrected chi connectivity index (χ0v) is 8.11. The van der Waals surface area contributed by atoms with Crippen molar-refractivity contribution in [2.45, 2.75) is 32.2 Å². The topological polar surface area (TPSA) is 98.3 Å². The highest BCUT2D eigenvalue weighted by molar-refractivity contribution is 4.72. The molecule has 8 heteroatoms. The fourth-order valence-corrected chi connectivity index (χ4v) is 0.573. The van der Waals surface area contributed by atoms with Crippen molar-refractivity contribution in [2.24, 2.45) is 0 Å². The Morgan fingerprint density at radius 3 is 1.79 bits per heavy atom. The molecule has 0 atom stereocenters. The van der Waals surface area contributed by atoms with Crippen LogP contribution in [0.4, 0.5) is 4.39 Å². The zero-order chi connectivity index (χ0) is 11.6. The summed E-state index contributed by atoms with van der Waals surface area (Å²) in [6.07, 6.45) is 0. The number of hydrogen-bond donors (Lipinski definition) is 1. The van der Waals surface area contributed by atoms with E-state index < -0.39 is 27.8 Å². The van der Waals surface area contributed by atoms with Crippen LogP contribution < -0.4 is 5.32 Å². The summed E-state index contributed by atoms with van der Waals surface area (Å²) in [6.45, 7) is 3.89. The number of nitrogens with zero attached hydrogens (tertiary/aromatic N) is 2. The van der Waals surface area contributed by atoms with Crippen molar-refractivity contribution in [1.82, 2.24) is 5.32 Å². The highest BCUT2D eigenvalue weighted by Gasteiger charge is 2.58. The van der Waals surface area contributed by atoms with Gasteiger partial charge in [0.15, 0.2) is 6.54 Å². The summed E-state index contributed by atoms with van der Waals surface area (Å²) in [5.74, 6) is -3.66. The van der Waals surface area contributed by atoms with E-state index in [2.05, 4.69) is 5.32 Å². The molecule has 0 spiro atoms. The molecule has 0 heterocycles. The average Bonchev–Trinajstić information content (AvgIpc) is 1.97. The molecule has 82 valence electrons. The number of nitro groups is 2. The number of nitrogens with one attached hydrogen (secondary N) is 1. The summed E-state index contributed by atoms with van der Waals surface area (Å²) in [5.41, 5.74) is -0.622. The van der Waals surface area contributed by atoms with E-state index in [4.69, 9.17) is 0 Å². The minimum Gasteiger partial charge on any atom is -0.296 e. The maximum atomic E-state index is 13.1. The van der Waals surface area contributed by atoms with Gasteiger partial charge in [0.25, 0.3) is 0 Å². The van der Waals surface area contributed by atoms with Crippen LogP contribution in [0.25, 0.3) is 0 Å². The van der Waals surface area contributed by atoms with E-state index in [9.17, 15) is 24.6 Å². The second kappa shape index (κ2) is 3.82. The molecule has 0 aliphatic rings. The Labute approximate surface area is 79.6 Å². The predicted octanol–water partition coefficient (Wildman–Crippen LogP) is 0.551. The molecule has 0 aliphatic heterocycles. The van der Waals surface area contributed by atoms with E-state index in [-0.39, 0.29) is 0 Å². The van der Waals surface area contributed by atoms with Gasteiger partial charge >= 0.3 is 5.92 Å². The summed E-state index contributed by atoms with van der Waals surface area (Å²) in [4.78, 5) is 17.2. The molecule has 0 unspecified atom stereocenters. The maximum absolute atomic E-state index is 13.1. The minimum atomic E-state index is -3.66. The first kappa shape index (κ1) is 12.7. The van der Waals surface area contributed by atoms with Crippen LogP contribution in [0.5, 0.6) is 0 Å². The molecule has 0 aromatic rings. The van der Waals surface area contributed by atoms with Crippen molar-refractivity contribution in [2.75, 3.05) is 6.54 Å². The first-order chi connectivity index (χ1) is 6.09. The third-order valence-corrected chi connectivity index (χ3v) is 1.40. The van der Waals surface area contributed by atoms with E-state index in [0.29, 0.717) is 0 Å². The Balaban J connectivity index is 4.56. The summed E-state index contributed by atoms with van der Waals surface area (Å²) in [7, 11) is 0. The highest BCUT2D eigenvalue weighted by Crippen LogP contribution is 2.13. The maximum Gasteiger partial charge on any atom is 0.626 e. The molecule has 0 radical (unpaired) electrons. The number of rotatable bonds is 4. The molecule has 0 saturated heterocycles. The largest absolute Gasteiger partial charge is 0.626 e. The molecule has 0 aromatic heterocycles. The second-order valence-electron chi connectivity index (χ2n) is 3.84. The van der Waals surface area contributed by atoms with Crippen LogP contribution >= 0.6 is 0 Å². The van der Waals surface area contributed by atoms with Gasteiger partial charge in [-0.15, -0.1) is 0 Å². The van der Waals surface area contributed by atoms with Gasteiger partial charge in [0, 0.05) is 5.54 Å². The van der Waals surface area contributed by atoms with Gasteiger partial charge in [-0.1, -0.05) is 4.39 Å². The average molecular weight is 209 g/mol. The molecular weight excluding hydrogens is 197 g/mol. The van der Waals surface area contributed by atoms with E-state index in [1.807, 2.05) is 0 Å². The molecule has 0 saturated carbocycles. The molecule has 0 bridgehead atoms. The van der Waals surface area contributed by atoms with E-state index in [1.165, 1.54) is 0 Å². The Hall–Kier alpha value is -1.31. The monoisotopic (exact) mass is 209 g/mol. The number of halogens is 1. The van der Waals surface area contributed by atoms with Crippen LogP contribution in [0.2, 0.25) is 0 Å². The molecule has 0 amide bonds. The molecule has 7 nitrogen and oxygen atoms in total. The van der Waals surface area contributed by atoms with Gasteiger partial charge in [-0.25, -0.2) is 0 Å². The normalized spacial score (nSPS) is 12.6. The summed E-state index contributed by atoms with van der Waals surface area (Å²) in [6, 6.07) is 0. The molecule has 0 aromatic carbocycles. The lowest BCUT2D eigenvalue weighted by Crippen LogP contribution is -2.53. The Morgan fingerprint density at radius 2 is 1.57 bits per heavy atom. The SMILES string of the molecule is CC(C)(C)NCC(F)([N+](=O)[O-])[N+](=O)[O-]. The van der Waals surface area contributed by atoms with Gasteiger partial charge in [-0.2, -0.15) is 0 Å². The van der Waals surface area contributed by atoms with Crippen LogP contribution in [0.1, 0.15) is 20.8 Å². The molecular formula is C6H12FN3O4. The van der Waals surface area contributed by atoms with Gasteiger partial charge in [0.05, 0.1) is 0 Å². The Morgan fingerprint density at radius 1 is 1.21 bits per heavy atom. The quantitative estimate of drug-likeness (QED) is 0.315. The second-order valence-corrected chi connectivity index (χ2v) is 3.84. The lowest BCUT2D eigenvalue weighted by atomic mass is 10.1. The van der Waals surface area contributed by atoms with Crippen molar-refractivity contribution in [1.29, 1.82) is 0 Å². The van der Waals surface area contributed by atoms with Crippen LogP contribution in [-0.4, -0.2) is 27.8 Å². The smallest absolute Gasteiger partial charge is 0.296 e. The van der Waals surface area contributed by atoms with Crippen molar-refractivity contribution in [3.63, 3.8) is 0 Å². The third kappa shape index (κ3) is 3.21. The van der Waals surface area contributed by atoms with Crippen LogP contribution in [0, 0.1) is 20.2 Å². The lowest BCUT2D eigenvalue weighted by molar-refractivity contribution is -0.828. The highest BCUT2D eigenvalue weighted by atomic mass is 19.2. The lowest BCUT2D eigenvalue weighted by Gasteiger charge is -2.20. The number of alkyl halides is 1. The minimum absolute atomic E-state index is 0.622. The Bertz CT molecular complexity index is 236. The molecule has 14 heavy (non-hydrogen) atoms. The van der Waals surface area contributed by atoms with E-state index in [0.717, 1.165) is 0 Å². The predicted molar refractivity (Wildman–Crippen MR) is 45.6 cm³/mol. The van der Waals surface area contributed by atoms with Crippen molar-refractivity contribution >= 4 is 0 Å². The Kier molecular flexibility index (Phi) is 3.47. The summed E-state index contributed by atoms with van der Waals surface area (Å²) >= 11 is 0. The third-order valence-electron chi connectivity index (χ3n) is 1.40. The molecule has 1 N–H and O–H groups in total. The standard InChI is InChI=1S/C6H12FN3O4/c1-5(2,3)8-4-6(7,9(11)12)10(13)14/h8H,4H2,1-3H3.